The molecule has 1 atom stereocenters. The quantitative estimate of drug-likeness (QED) is 0.376. The molecule has 160 valence electrons. The van der Waals surface area contributed by atoms with E-state index in [0.717, 1.165) is 11.0 Å². The molecule has 31 heavy (non-hydrogen) atoms. The molecule has 7 nitrogen and oxygen atoms in total. The summed E-state index contributed by atoms with van der Waals surface area (Å²) in [6.45, 7) is 1.25. The highest BCUT2D eigenvalue weighted by molar-refractivity contribution is 6.23. The molecule has 0 bridgehead atoms. The second-order valence-electron chi connectivity index (χ2n) is 8.29. The Morgan fingerprint density at radius 2 is 1.81 bits per heavy atom. The molecule has 3 aromatic rings. The topological polar surface area (TPSA) is 72.2 Å². The van der Waals surface area contributed by atoms with E-state index in [1.165, 1.54) is 10.7 Å². The van der Waals surface area contributed by atoms with Crippen molar-refractivity contribution in [3.05, 3.63) is 77.1 Å². The third-order valence-corrected chi connectivity index (χ3v) is 5.17. The number of carbonyl (C=O) groups is 1. The Kier molecular flexibility index (Phi) is 5.60. The van der Waals surface area contributed by atoms with E-state index in [1.807, 2.05) is 45.4 Å². The maximum atomic E-state index is 14.5. The first-order chi connectivity index (χ1) is 14.7. The fourth-order valence-electron chi connectivity index (χ4n) is 3.30. The number of quaternary nitrogens is 1. The van der Waals surface area contributed by atoms with Gasteiger partial charge in [-0.05, 0) is 18.2 Å². The number of amides is 1. The summed E-state index contributed by atoms with van der Waals surface area (Å²) in [5.74, 6) is -0.461. The molecule has 4 rings (SSSR count). The molecule has 1 aliphatic rings. The summed E-state index contributed by atoms with van der Waals surface area (Å²) in [7, 11) is 6.14. The Bertz CT molecular complexity index is 1170. The minimum atomic E-state index is -0.942. The van der Waals surface area contributed by atoms with Crippen LogP contribution in [-0.2, 0) is 0 Å². The molecule has 2 aromatic carbocycles. The minimum absolute atomic E-state index is 0.0152. The van der Waals surface area contributed by atoms with Crippen LogP contribution in [0.4, 0.5) is 4.39 Å². The molecule has 0 spiro atoms. The average Bonchev–Trinajstić information content (AvgIpc) is 3.13. The summed E-state index contributed by atoms with van der Waals surface area (Å²) < 4.78 is 16.8. The molecule has 1 unspecified atom stereocenters. The molecule has 1 aromatic heterocycles. The number of aliphatic imine (C=N–C) groups is 1. The summed E-state index contributed by atoms with van der Waals surface area (Å²) >= 11 is 6.55. The number of benzene rings is 2. The number of fused-ring (bicyclic) bond motifs is 3. The summed E-state index contributed by atoms with van der Waals surface area (Å²) in [4.78, 5) is 21.5. The number of para-hydroxylation sites is 1. The number of likely N-dealkylation sites (N-methyl/N-ethyl adjacent to an activating group) is 1. The molecule has 9 heteroatoms. The number of alkyl halides is 1. The van der Waals surface area contributed by atoms with E-state index in [9.17, 15) is 9.18 Å². The van der Waals surface area contributed by atoms with Crippen molar-refractivity contribution < 1.29 is 13.7 Å². The van der Waals surface area contributed by atoms with E-state index in [0.29, 0.717) is 34.9 Å². The standard InChI is InChI=1S/C22H22ClFN6O/c1-30(2,3)13-12-25-22(31)20-27-21-19(23)26-18(14-8-4-6-10-16(14)24)15-9-5-7-11-17(15)29(21)28-20/h4-11,19H,12-13H2,1-3H3/p+1. The summed E-state index contributed by atoms with van der Waals surface area (Å²) in [6.07, 6.45) is 0. The summed E-state index contributed by atoms with van der Waals surface area (Å²) in [5.41, 5.74) is 1.08. The first-order valence-electron chi connectivity index (χ1n) is 9.87. The molecular formula is C22H23ClFN6O+. The molecule has 1 amide bonds. The largest absolute Gasteiger partial charge is 0.344 e. The van der Waals surface area contributed by atoms with Gasteiger partial charge in [-0.3, -0.25) is 9.79 Å². The van der Waals surface area contributed by atoms with Gasteiger partial charge in [0.2, 0.25) is 5.82 Å². The number of hydrogen-bond donors (Lipinski definition) is 1. The minimum Gasteiger partial charge on any atom is -0.344 e. The van der Waals surface area contributed by atoms with Crippen molar-refractivity contribution in [3.63, 3.8) is 0 Å². The predicted molar refractivity (Wildman–Crippen MR) is 117 cm³/mol. The summed E-state index contributed by atoms with van der Waals surface area (Å²) in [5, 5.41) is 7.24. The van der Waals surface area contributed by atoms with Crippen molar-refractivity contribution in [2.75, 3.05) is 34.2 Å². The number of carbonyl (C=O) groups excluding carboxylic acids is 1. The SMILES string of the molecule is C[N+](C)(C)CCNC(=O)c1nc2n(n1)-c1ccccc1C(c1ccccc1F)=NC2Cl. The Hall–Kier alpha value is -3.10. The number of rotatable bonds is 5. The van der Waals surface area contributed by atoms with Crippen LogP contribution in [0.5, 0.6) is 0 Å². The van der Waals surface area contributed by atoms with Crippen LogP contribution in [0.15, 0.2) is 53.5 Å². The third-order valence-electron chi connectivity index (χ3n) is 4.88. The van der Waals surface area contributed by atoms with Gasteiger partial charge < -0.3 is 9.80 Å². The van der Waals surface area contributed by atoms with Gasteiger partial charge in [0.1, 0.15) is 5.82 Å². The average molecular weight is 442 g/mol. The molecule has 0 saturated carbocycles. The molecule has 0 saturated heterocycles. The molecular weight excluding hydrogens is 419 g/mol. The first kappa shape index (κ1) is 21.1. The van der Waals surface area contributed by atoms with Gasteiger partial charge in [0.25, 0.3) is 5.91 Å². The Balaban J connectivity index is 1.73. The van der Waals surface area contributed by atoms with Gasteiger partial charge in [-0.2, -0.15) is 0 Å². The van der Waals surface area contributed by atoms with Crippen molar-refractivity contribution in [1.29, 1.82) is 0 Å². The molecule has 0 radical (unpaired) electrons. The zero-order valence-corrected chi connectivity index (χ0v) is 18.3. The van der Waals surface area contributed by atoms with Crippen LogP contribution in [-0.4, -0.2) is 65.1 Å². The maximum absolute atomic E-state index is 14.5. The lowest BCUT2D eigenvalue weighted by Crippen LogP contribution is -2.42. The highest BCUT2D eigenvalue weighted by atomic mass is 35.5. The molecule has 0 aliphatic carbocycles. The number of aromatic nitrogens is 3. The third kappa shape index (κ3) is 4.35. The van der Waals surface area contributed by atoms with E-state index >= 15 is 0 Å². The van der Waals surface area contributed by atoms with E-state index in [-0.39, 0.29) is 11.7 Å². The fourth-order valence-corrected chi connectivity index (χ4v) is 3.54. The Labute approximate surface area is 184 Å². The van der Waals surface area contributed by atoms with Crippen molar-refractivity contribution in [1.82, 2.24) is 20.1 Å². The lowest BCUT2D eigenvalue weighted by molar-refractivity contribution is -0.869. The lowest BCUT2D eigenvalue weighted by atomic mass is 10.0. The van der Waals surface area contributed by atoms with Crippen LogP contribution in [0.1, 0.15) is 33.1 Å². The highest BCUT2D eigenvalue weighted by Gasteiger charge is 2.29. The van der Waals surface area contributed by atoms with Gasteiger partial charge >= 0.3 is 0 Å². The first-order valence-corrected chi connectivity index (χ1v) is 10.3. The zero-order chi connectivity index (χ0) is 22.2. The maximum Gasteiger partial charge on any atom is 0.291 e. The smallest absolute Gasteiger partial charge is 0.291 e. The molecule has 1 N–H and O–H groups in total. The van der Waals surface area contributed by atoms with Crippen LogP contribution in [0.3, 0.4) is 0 Å². The van der Waals surface area contributed by atoms with E-state index < -0.39 is 11.3 Å². The van der Waals surface area contributed by atoms with Crippen LogP contribution < -0.4 is 5.32 Å². The van der Waals surface area contributed by atoms with Gasteiger partial charge in [-0.1, -0.05) is 41.9 Å². The number of nitrogens with zero attached hydrogens (tertiary/aromatic N) is 5. The second kappa shape index (κ2) is 8.20. The molecule has 0 fully saturated rings. The highest BCUT2D eigenvalue weighted by Crippen LogP contribution is 2.32. The molecule has 2 heterocycles. The normalized spacial score (nSPS) is 15.5. The molecule has 1 aliphatic heterocycles. The van der Waals surface area contributed by atoms with Crippen molar-refractivity contribution in [3.8, 4) is 5.69 Å². The van der Waals surface area contributed by atoms with Gasteiger partial charge in [0.15, 0.2) is 11.3 Å². The second-order valence-corrected chi connectivity index (χ2v) is 8.70. The lowest BCUT2D eigenvalue weighted by Gasteiger charge is -2.23. The van der Waals surface area contributed by atoms with Gasteiger partial charge in [0, 0.05) is 11.1 Å². The van der Waals surface area contributed by atoms with Crippen LogP contribution in [0.25, 0.3) is 5.69 Å². The Morgan fingerprint density at radius 3 is 2.52 bits per heavy atom. The Morgan fingerprint density at radius 1 is 1.13 bits per heavy atom. The van der Waals surface area contributed by atoms with Gasteiger partial charge in [-0.15, -0.1) is 5.10 Å². The van der Waals surface area contributed by atoms with Crippen molar-refractivity contribution in [2.45, 2.75) is 5.50 Å². The van der Waals surface area contributed by atoms with Crippen LogP contribution >= 0.6 is 11.6 Å². The van der Waals surface area contributed by atoms with Gasteiger partial charge in [-0.25, -0.2) is 14.1 Å². The predicted octanol–water partition coefficient (Wildman–Crippen LogP) is 2.93. The number of nitrogens with one attached hydrogen (secondary N) is 1. The van der Waals surface area contributed by atoms with E-state index in [4.69, 9.17) is 11.6 Å². The number of halogens is 2. The van der Waals surface area contributed by atoms with Gasteiger partial charge in [0.05, 0.1) is 45.6 Å². The van der Waals surface area contributed by atoms with E-state index in [2.05, 4.69) is 20.4 Å². The van der Waals surface area contributed by atoms with Crippen molar-refractivity contribution in [2.24, 2.45) is 4.99 Å². The van der Waals surface area contributed by atoms with Crippen molar-refractivity contribution >= 4 is 23.2 Å². The zero-order valence-electron chi connectivity index (χ0n) is 17.5. The summed E-state index contributed by atoms with van der Waals surface area (Å²) in [6, 6.07) is 13.7. The van der Waals surface area contributed by atoms with E-state index in [1.54, 1.807) is 18.2 Å². The van der Waals surface area contributed by atoms with Crippen LogP contribution in [0, 0.1) is 5.82 Å². The fraction of sp³-hybridized carbons (Fsp3) is 0.273. The van der Waals surface area contributed by atoms with Crippen LogP contribution in [0.2, 0.25) is 0 Å². The monoisotopic (exact) mass is 441 g/mol. The number of hydrogen-bond acceptors (Lipinski definition) is 4.